The van der Waals surface area contributed by atoms with Crippen molar-refractivity contribution >= 4 is 21.1 Å². The second-order valence-electron chi connectivity index (χ2n) is 6.34. The first-order valence-corrected chi connectivity index (χ1v) is 10.1. The first-order valence-electron chi connectivity index (χ1n) is 8.61. The van der Waals surface area contributed by atoms with Crippen LogP contribution >= 0.6 is 0 Å². The molecule has 1 aromatic carbocycles. The van der Waals surface area contributed by atoms with Crippen molar-refractivity contribution in [1.29, 1.82) is 0 Å². The molecule has 0 aliphatic carbocycles. The van der Waals surface area contributed by atoms with Gasteiger partial charge in [-0.1, -0.05) is 12.1 Å². The van der Waals surface area contributed by atoms with E-state index in [1.165, 1.54) is 18.4 Å². The molecule has 6 nitrogen and oxygen atoms in total. The third-order valence-electron chi connectivity index (χ3n) is 4.48. The molecule has 7 heteroatoms. The molecule has 0 fully saturated rings. The van der Waals surface area contributed by atoms with Crippen molar-refractivity contribution in [3.63, 3.8) is 0 Å². The van der Waals surface area contributed by atoms with Crippen molar-refractivity contribution in [3.05, 3.63) is 54.5 Å². The number of nitrogens with zero attached hydrogens (tertiary/aromatic N) is 3. The first-order chi connectivity index (χ1) is 12.4. The molecule has 0 atom stereocenters. The van der Waals surface area contributed by atoms with E-state index in [9.17, 15) is 8.42 Å². The standard InChI is InChI=1S/C19H24N4O2S/c1-4-23-14-17(9-12-21-26(24,25)22(2)3)18-6-5-16(13-19(18)23)15-7-10-20-11-8-15/h5-8,10-11,13-14,21H,4,9,12H2,1-3H3. The minimum absolute atomic E-state index is 0.370. The van der Waals surface area contributed by atoms with Gasteiger partial charge in [-0.2, -0.15) is 12.7 Å². The summed E-state index contributed by atoms with van der Waals surface area (Å²) in [5, 5.41) is 1.16. The van der Waals surface area contributed by atoms with Crippen LogP contribution in [-0.4, -0.2) is 42.9 Å². The van der Waals surface area contributed by atoms with Crippen LogP contribution in [0.4, 0.5) is 0 Å². The maximum Gasteiger partial charge on any atom is 0.278 e. The highest BCUT2D eigenvalue weighted by molar-refractivity contribution is 7.87. The summed E-state index contributed by atoms with van der Waals surface area (Å²) in [7, 11) is -0.353. The lowest BCUT2D eigenvalue weighted by molar-refractivity contribution is 0.506. The molecule has 0 aliphatic heterocycles. The Hall–Kier alpha value is -2.22. The second kappa shape index (κ2) is 7.57. The van der Waals surface area contributed by atoms with Gasteiger partial charge in [0.25, 0.3) is 10.2 Å². The Morgan fingerprint density at radius 1 is 1.12 bits per heavy atom. The fraction of sp³-hybridized carbons (Fsp3) is 0.316. The lowest BCUT2D eigenvalue weighted by atomic mass is 10.0. The van der Waals surface area contributed by atoms with Crippen LogP contribution in [0.25, 0.3) is 22.0 Å². The summed E-state index contributed by atoms with van der Waals surface area (Å²) in [5.41, 5.74) is 4.58. The van der Waals surface area contributed by atoms with E-state index in [0.717, 1.165) is 34.1 Å². The van der Waals surface area contributed by atoms with Gasteiger partial charge in [0.15, 0.2) is 0 Å². The molecule has 0 saturated heterocycles. The summed E-state index contributed by atoms with van der Waals surface area (Å²) in [6.07, 6.45) is 6.34. The first kappa shape index (κ1) is 18.6. The summed E-state index contributed by atoms with van der Waals surface area (Å²) in [4.78, 5) is 4.07. The number of aromatic nitrogens is 2. The van der Waals surface area contributed by atoms with E-state index in [2.05, 4.69) is 45.6 Å². The predicted octanol–water partition coefficient (Wildman–Crippen LogP) is 2.66. The molecule has 3 aromatic rings. The summed E-state index contributed by atoms with van der Waals surface area (Å²) < 4.78 is 29.7. The van der Waals surface area contributed by atoms with E-state index in [1.54, 1.807) is 12.4 Å². The van der Waals surface area contributed by atoms with Crippen LogP contribution in [0.3, 0.4) is 0 Å². The number of hydrogen-bond acceptors (Lipinski definition) is 3. The molecule has 0 saturated carbocycles. The highest BCUT2D eigenvalue weighted by Gasteiger charge is 2.14. The highest BCUT2D eigenvalue weighted by atomic mass is 32.2. The molecule has 0 unspecified atom stereocenters. The van der Waals surface area contributed by atoms with Crippen LogP contribution in [0.1, 0.15) is 12.5 Å². The molecule has 0 spiro atoms. The molecule has 1 N–H and O–H groups in total. The van der Waals surface area contributed by atoms with Gasteiger partial charge in [0.05, 0.1) is 0 Å². The van der Waals surface area contributed by atoms with Crippen LogP contribution in [0.5, 0.6) is 0 Å². The van der Waals surface area contributed by atoms with E-state index in [4.69, 9.17) is 0 Å². The number of benzene rings is 1. The van der Waals surface area contributed by atoms with Crippen molar-refractivity contribution in [2.24, 2.45) is 0 Å². The zero-order valence-electron chi connectivity index (χ0n) is 15.3. The van der Waals surface area contributed by atoms with Crippen molar-refractivity contribution in [2.45, 2.75) is 19.9 Å². The number of hydrogen-bond donors (Lipinski definition) is 1. The number of nitrogens with one attached hydrogen (secondary N) is 1. The molecule has 0 aliphatic rings. The van der Waals surface area contributed by atoms with E-state index in [-0.39, 0.29) is 0 Å². The van der Waals surface area contributed by atoms with Crippen molar-refractivity contribution < 1.29 is 8.42 Å². The molecule has 0 bridgehead atoms. The largest absolute Gasteiger partial charge is 0.347 e. The van der Waals surface area contributed by atoms with E-state index >= 15 is 0 Å². The van der Waals surface area contributed by atoms with Crippen LogP contribution < -0.4 is 4.72 Å². The maximum atomic E-state index is 11.9. The Balaban J connectivity index is 1.88. The SMILES string of the molecule is CCn1cc(CCNS(=O)(=O)N(C)C)c2ccc(-c3ccncc3)cc21. The van der Waals surface area contributed by atoms with Gasteiger partial charge in [0.2, 0.25) is 0 Å². The minimum Gasteiger partial charge on any atom is -0.347 e. The van der Waals surface area contributed by atoms with Crippen LogP contribution in [-0.2, 0) is 23.2 Å². The third-order valence-corrected chi connectivity index (χ3v) is 6.01. The lowest BCUT2D eigenvalue weighted by Gasteiger charge is -2.11. The van der Waals surface area contributed by atoms with E-state index < -0.39 is 10.2 Å². The Kier molecular flexibility index (Phi) is 5.41. The monoisotopic (exact) mass is 372 g/mol. The van der Waals surface area contributed by atoms with Gasteiger partial charge in [-0.15, -0.1) is 0 Å². The van der Waals surface area contributed by atoms with Crippen LogP contribution in [0, 0.1) is 0 Å². The number of pyridine rings is 1. The molecule has 138 valence electrons. The number of fused-ring (bicyclic) bond motifs is 1. The quantitative estimate of drug-likeness (QED) is 0.693. The molecule has 3 rings (SSSR count). The van der Waals surface area contributed by atoms with Gasteiger partial charge < -0.3 is 4.57 Å². The predicted molar refractivity (Wildman–Crippen MR) is 105 cm³/mol. The fourth-order valence-electron chi connectivity index (χ4n) is 3.00. The molecule has 2 aromatic heterocycles. The lowest BCUT2D eigenvalue weighted by Crippen LogP contribution is -2.36. The third kappa shape index (κ3) is 3.80. The number of aryl methyl sites for hydroxylation is 1. The van der Waals surface area contributed by atoms with E-state index in [1.807, 2.05) is 12.1 Å². The fourth-order valence-corrected chi connectivity index (χ4v) is 3.61. The molecule has 0 radical (unpaired) electrons. The molecule has 0 amide bonds. The molecule has 2 heterocycles. The van der Waals surface area contributed by atoms with Crippen molar-refractivity contribution in [1.82, 2.24) is 18.6 Å². The van der Waals surface area contributed by atoms with Gasteiger partial charge in [-0.3, -0.25) is 4.98 Å². The van der Waals surface area contributed by atoms with Gasteiger partial charge in [-0.25, -0.2) is 4.72 Å². The van der Waals surface area contributed by atoms with Crippen LogP contribution in [0.2, 0.25) is 0 Å². The number of rotatable bonds is 7. The summed E-state index contributed by atoms with van der Waals surface area (Å²) in [5.74, 6) is 0. The average molecular weight is 372 g/mol. The van der Waals surface area contributed by atoms with Gasteiger partial charge >= 0.3 is 0 Å². The molecule has 26 heavy (non-hydrogen) atoms. The van der Waals surface area contributed by atoms with Crippen LogP contribution in [0.15, 0.2) is 48.9 Å². The zero-order valence-corrected chi connectivity index (χ0v) is 16.1. The highest BCUT2D eigenvalue weighted by Crippen LogP contribution is 2.28. The van der Waals surface area contributed by atoms with Crippen molar-refractivity contribution in [3.8, 4) is 11.1 Å². The smallest absolute Gasteiger partial charge is 0.278 e. The Morgan fingerprint density at radius 2 is 1.85 bits per heavy atom. The average Bonchev–Trinajstić information content (AvgIpc) is 2.99. The summed E-state index contributed by atoms with van der Waals surface area (Å²) in [6.45, 7) is 3.34. The normalized spacial score (nSPS) is 12.2. The van der Waals surface area contributed by atoms with Gasteiger partial charge in [-0.05, 0) is 48.2 Å². The Bertz CT molecular complexity index is 995. The Morgan fingerprint density at radius 3 is 2.50 bits per heavy atom. The Labute approximate surface area is 154 Å². The summed E-state index contributed by atoms with van der Waals surface area (Å²) in [6, 6.07) is 10.4. The van der Waals surface area contributed by atoms with Crippen molar-refractivity contribution in [2.75, 3.05) is 20.6 Å². The molecular weight excluding hydrogens is 348 g/mol. The zero-order chi connectivity index (χ0) is 18.7. The van der Waals surface area contributed by atoms with Gasteiger partial charge in [0.1, 0.15) is 0 Å². The molecular formula is C19H24N4O2S. The maximum absolute atomic E-state index is 11.9. The van der Waals surface area contributed by atoms with E-state index in [0.29, 0.717) is 13.0 Å². The second-order valence-corrected chi connectivity index (χ2v) is 8.31. The summed E-state index contributed by atoms with van der Waals surface area (Å²) >= 11 is 0. The minimum atomic E-state index is -3.39. The van der Waals surface area contributed by atoms with Gasteiger partial charge in [0, 0.05) is 56.7 Å². The topological polar surface area (TPSA) is 67.2 Å².